The van der Waals surface area contributed by atoms with Crippen molar-refractivity contribution in [1.29, 1.82) is 0 Å². The normalized spacial score (nSPS) is 15.4. The second-order valence-corrected chi connectivity index (χ2v) is 8.43. The Morgan fingerprint density at radius 3 is 2.71 bits per heavy atom. The minimum Gasteiger partial charge on any atom is -0.469 e. The van der Waals surface area contributed by atoms with E-state index in [1.54, 1.807) is 18.3 Å². The number of halogens is 1. The van der Waals surface area contributed by atoms with Gasteiger partial charge in [0.1, 0.15) is 5.76 Å². The smallest absolute Gasteiger partial charge is 0.409 e. The molecule has 9 heteroatoms. The Balaban J connectivity index is 0.00000480. The minimum atomic E-state index is -0.221. The average molecular weight is 550 g/mol. The lowest BCUT2D eigenvalue weighted by atomic mass is 9.90. The molecular weight excluding hydrogens is 511 g/mol. The molecule has 0 saturated carbocycles. The number of nitrogens with zero attached hydrogens (tertiary/aromatic N) is 2. The number of guanidine groups is 1. The van der Waals surface area contributed by atoms with E-state index in [4.69, 9.17) is 18.9 Å². The van der Waals surface area contributed by atoms with E-state index in [2.05, 4.69) is 24.5 Å². The third-order valence-corrected chi connectivity index (χ3v) is 5.25. The zero-order valence-electron chi connectivity index (χ0n) is 19.3. The largest absolute Gasteiger partial charge is 0.469 e. The summed E-state index contributed by atoms with van der Waals surface area (Å²) in [5, 5.41) is 6.99. The van der Waals surface area contributed by atoms with Crippen LogP contribution in [-0.4, -0.2) is 69.5 Å². The minimum absolute atomic E-state index is 0. The van der Waals surface area contributed by atoms with E-state index in [-0.39, 0.29) is 41.5 Å². The highest BCUT2D eigenvalue weighted by Gasteiger charge is 2.24. The number of methoxy groups -OCH3 is 1. The van der Waals surface area contributed by atoms with Crippen molar-refractivity contribution in [3.63, 3.8) is 0 Å². The van der Waals surface area contributed by atoms with Gasteiger partial charge in [0.25, 0.3) is 0 Å². The van der Waals surface area contributed by atoms with Gasteiger partial charge < -0.3 is 29.4 Å². The molecule has 178 valence electrons. The van der Waals surface area contributed by atoms with Crippen molar-refractivity contribution in [2.45, 2.75) is 52.5 Å². The van der Waals surface area contributed by atoms with Crippen molar-refractivity contribution in [1.82, 2.24) is 15.5 Å². The molecule has 8 nitrogen and oxygen atoms in total. The van der Waals surface area contributed by atoms with Crippen molar-refractivity contribution in [3.8, 4) is 0 Å². The first-order chi connectivity index (χ1) is 14.4. The second kappa shape index (κ2) is 14.5. The van der Waals surface area contributed by atoms with Crippen LogP contribution < -0.4 is 10.6 Å². The van der Waals surface area contributed by atoms with E-state index in [9.17, 15) is 4.79 Å². The fourth-order valence-corrected chi connectivity index (χ4v) is 3.28. The molecule has 0 aromatic carbocycles. The van der Waals surface area contributed by atoms with Crippen LogP contribution >= 0.6 is 24.0 Å². The Morgan fingerprint density at radius 1 is 1.35 bits per heavy atom. The Kier molecular flexibility index (Phi) is 12.9. The van der Waals surface area contributed by atoms with Crippen molar-refractivity contribution in [2.75, 3.05) is 46.5 Å². The van der Waals surface area contributed by atoms with Gasteiger partial charge in [-0.15, -0.1) is 24.0 Å². The molecule has 0 bridgehead atoms. The summed E-state index contributed by atoms with van der Waals surface area (Å²) in [5.74, 6) is 1.76. The van der Waals surface area contributed by atoms with Gasteiger partial charge in [-0.3, -0.25) is 4.99 Å². The van der Waals surface area contributed by atoms with Gasteiger partial charge >= 0.3 is 6.09 Å². The number of likely N-dealkylation sites (tertiary alicyclic amines) is 1. The van der Waals surface area contributed by atoms with E-state index < -0.39 is 0 Å². The van der Waals surface area contributed by atoms with Crippen molar-refractivity contribution >= 4 is 36.0 Å². The van der Waals surface area contributed by atoms with Crippen LogP contribution in [0.4, 0.5) is 4.79 Å². The molecule has 0 unspecified atom stereocenters. The highest BCUT2D eigenvalue weighted by molar-refractivity contribution is 14.0. The van der Waals surface area contributed by atoms with Gasteiger partial charge in [0.2, 0.25) is 0 Å². The van der Waals surface area contributed by atoms with E-state index in [0.29, 0.717) is 26.2 Å². The summed E-state index contributed by atoms with van der Waals surface area (Å²) >= 11 is 0. The molecule has 1 aliphatic rings. The van der Waals surface area contributed by atoms with E-state index in [1.807, 2.05) is 19.1 Å². The number of nitrogens with one attached hydrogen (secondary N) is 2. The molecule has 0 spiro atoms. The third kappa shape index (κ3) is 10.6. The first kappa shape index (κ1) is 27.5. The van der Waals surface area contributed by atoms with E-state index in [1.165, 1.54) is 0 Å². The van der Waals surface area contributed by atoms with Crippen LogP contribution in [0.25, 0.3) is 0 Å². The fourth-order valence-electron chi connectivity index (χ4n) is 3.28. The Bertz CT molecular complexity index is 644. The number of furan rings is 1. The molecule has 0 radical (unpaired) electrons. The number of hydrogen-bond donors (Lipinski definition) is 2. The van der Waals surface area contributed by atoms with Gasteiger partial charge in [0.15, 0.2) is 5.96 Å². The Hall–Kier alpha value is -1.49. The number of amides is 1. The molecule has 2 N–H and O–H groups in total. The standard InChI is InChI=1S/C22H38N4O4.HI/c1-5-29-21(27)26-13-9-18(10-14-26)25-20(23-12-8-19-7-6-15-30-19)24-17-22(2,3)11-16-28-4;/h6-7,15,18H,5,8-14,16-17H2,1-4H3,(H2,23,24,25);1H. The maximum Gasteiger partial charge on any atom is 0.409 e. The van der Waals surface area contributed by atoms with Crippen molar-refractivity contribution in [2.24, 2.45) is 10.4 Å². The third-order valence-electron chi connectivity index (χ3n) is 5.25. The van der Waals surface area contributed by atoms with Crippen LogP contribution in [0.5, 0.6) is 0 Å². The van der Waals surface area contributed by atoms with Gasteiger partial charge in [-0.25, -0.2) is 4.79 Å². The van der Waals surface area contributed by atoms with Crippen LogP contribution in [0, 0.1) is 5.41 Å². The van der Waals surface area contributed by atoms with Gasteiger partial charge in [0, 0.05) is 52.4 Å². The summed E-state index contributed by atoms with van der Waals surface area (Å²) < 4.78 is 15.7. The number of piperidine rings is 1. The zero-order chi connectivity index (χ0) is 21.8. The van der Waals surface area contributed by atoms with Gasteiger partial charge in [-0.2, -0.15) is 0 Å². The molecule has 31 heavy (non-hydrogen) atoms. The molecule has 1 amide bonds. The van der Waals surface area contributed by atoms with Crippen molar-refractivity contribution < 1.29 is 18.7 Å². The van der Waals surface area contributed by atoms with Crippen LogP contribution in [0.15, 0.2) is 27.8 Å². The van der Waals surface area contributed by atoms with Crippen LogP contribution in [0.1, 0.15) is 45.8 Å². The molecule has 1 aromatic heterocycles. The van der Waals surface area contributed by atoms with Gasteiger partial charge in [-0.1, -0.05) is 13.8 Å². The van der Waals surface area contributed by atoms with Crippen molar-refractivity contribution in [3.05, 3.63) is 24.2 Å². The summed E-state index contributed by atoms with van der Waals surface area (Å²) in [7, 11) is 1.73. The molecule has 1 saturated heterocycles. The number of ether oxygens (including phenoxy) is 2. The lowest BCUT2D eigenvalue weighted by molar-refractivity contribution is 0.0963. The highest BCUT2D eigenvalue weighted by atomic mass is 127. The lowest BCUT2D eigenvalue weighted by Crippen LogP contribution is -2.50. The van der Waals surface area contributed by atoms with Crippen LogP contribution in [-0.2, 0) is 15.9 Å². The maximum absolute atomic E-state index is 11.9. The molecule has 2 rings (SSSR count). The number of carbonyl (C=O) groups excluding carboxylic acids is 1. The number of rotatable bonds is 10. The SMILES string of the molecule is CCOC(=O)N1CCC(NC(=NCC(C)(C)CCOC)NCCc2ccco2)CC1.I. The fraction of sp³-hybridized carbons (Fsp3) is 0.727. The Morgan fingerprint density at radius 2 is 2.10 bits per heavy atom. The number of aliphatic imine (C=N–C) groups is 1. The van der Waals surface area contributed by atoms with Gasteiger partial charge in [-0.05, 0) is 43.7 Å². The van der Waals surface area contributed by atoms with Crippen LogP contribution in [0.3, 0.4) is 0 Å². The predicted molar refractivity (Wildman–Crippen MR) is 133 cm³/mol. The quantitative estimate of drug-likeness (QED) is 0.263. The van der Waals surface area contributed by atoms with E-state index >= 15 is 0 Å². The number of carbonyl (C=O) groups is 1. The topological polar surface area (TPSA) is 88.3 Å². The van der Waals surface area contributed by atoms with Gasteiger partial charge in [0.05, 0.1) is 12.9 Å². The first-order valence-corrected chi connectivity index (χ1v) is 10.9. The first-order valence-electron chi connectivity index (χ1n) is 10.9. The molecule has 0 atom stereocenters. The Labute approximate surface area is 203 Å². The molecule has 2 heterocycles. The average Bonchev–Trinajstić information content (AvgIpc) is 3.25. The molecule has 1 aromatic rings. The summed E-state index contributed by atoms with van der Waals surface area (Å²) in [6.45, 7) is 10.2. The molecule has 1 aliphatic heterocycles. The molecule has 0 aliphatic carbocycles. The summed E-state index contributed by atoms with van der Waals surface area (Å²) in [4.78, 5) is 18.5. The van der Waals surface area contributed by atoms with Crippen LogP contribution in [0.2, 0.25) is 0 Å². The molecular formula is C22H39IN4O4. The van der Waals surface area contributed by atoms with E-state index in [0.717, 1.165) is 50.6 Å². The highest BCUT2D eigenvalue weighted by Crippen LogP contribution is 2.20. The number of hydrogen-bond acceptors (Lipinski definition) is 5. The summed E-state index contributed by atoms with van der Waals surface area (Å²) in [5.41, 5.74) is 0.0545. The summed E-state index contributed by atoms with van der Waals surface area (Å²) in [6, 6.07) is 4.15. The second-order valence-electron chi connectivity index (χ2n) is 8.43. The summed E-state index contributed by atoms with van der Waals surface area (Å²) in [6.07, 6.45) is 4.95. The predicted octanol–water partition coefficient (Wildman–Crippen LogP) is 3.66. The lowest BCUT2D eigenvalue weighted by Gasteiger charge is -2.32. The monoisotopic (exact) mass is 550 g/mol. The molecule has 1 fully saturated rings. The zero-order valence-corrected chi connectivity index (χ0v) is 21.6. The maximum atomic E-state index is 11.9.